The first-order valence-electron chi connectivity index (χ1n) is 10.7. The fourth-order valence-corrected chi connectivity index (χ4v) is 5.36. The van der Waals surface area contributed by atoms with E-state index in [0.29, 0.717) is 31.9 Å². The number of hydrogen-bond donors (Lipinski definition) is 2. The van der Waals surface area contributed by atoms with Gasteiger partial charge in [-0.25, -0.2) is 8.42 Å². The average Bonchev–Trinajstić information content (AvgIpc) is 3.22. The number of aromatic amines is 1. The number of nitrogens with one attached hydrogen (secondary N) is 2. The Labute approximate surface area is 187 Å². The van der Waals surface area contributed by atoms with Crippen molar-refractivity contribution in [3.8, 4) is 5.75 Å². The highest BCUT2D eigenvalue weighted by Gasteiger charge is 2.29. The number of ether oxygens (including phenoxy) is 2. The molecule has 1 aliphatic rings. The van der Waals surface area contributed by atoms with Gasteiger partial charge in [0.15, 0.2) is 0 Å². The molecule has 0 radical (unpaired) electrons. The summed E-state index contributed by atoms with van der Waals surface area (Å²) >= 11 is 0. The second-order valence-corrected chi connectivity index (χ2v) is 9.43. The van der Waals surface area contributed by atoms with Crippen LogP contribution in [0.15, 0.2) is 53.6 Å². The summed E-state index contributed by atoms with van der Waals surface area (Å²) < 4.78 is 38.6. The Morgan fingerprint density at radius 2 is 1.97 bits per heavy atom. The average molecular weight is 458 g/mol. The lowest BCUT2D eigenvalue weighted by atomic mass is 10.1. The molecule has 2 aromatic carbocycles. The highest BCUT2D eigenvalue weighted by molar-refractivity contribution is 7.89. The number of sulfonamides is 1. The summed E-state index contributed by atoms with van der Waals surface area (Å²) in [5.41, 5.74) is 2.52. The molecule has 0 saturated carbocycles. The second-order valence-electron chi connectivity index (χ2n) is 7.52. The summed E-state index contributed by atoms with van der Waals surface area (Å²) in [4.78, 5) is 15.8. The van der Waals surface area contributed by atoms with Crippen molar-refractivity contribution < 1.29 is 22.7 Å². The molecule has 170 valence electrons. The summed E-state index contributed by atoms with van der Waals surface area (Å²) in [5.74, 6) is 0.0879. The minimum Gasteiger partial charge on any atom is -0.492 e. The third-order valence-electron chi connectivity index (χ3n) is 5.41. The molecule has 0 unspecified atom stereocenters. The Balaban J connectivity index is 1.49. The van der Waals surface area contributed by atoms with E-state index in [9.17, 15) is 13.2 Å². The third-order valence-corrected chi connectivity index (χ3v) is 7.33. The van der Waals surface area contributed by atoms with E-state index in [2.05, 4.69) is 10.3 Å². The zero-order chi connectivity index (χ0) is 22.6. The van der Waals surface area contributed by atoms with Crippen molar-refractivity contribution in [2.24, 2.45) is 0 Å². The number of fused-ring (bicyclic) bond motifs is 1. The van der Waals surface area contributed by atoms with Crippen LogP contribution in [0.2, 0.25) is 0 Å². The van der Waals surface area contributed by atoms with Gasteiger partial charge in [-0.1, -0.05) is 18.2 Å². The van der Waals surface area contributed by atoms with Crippen LogP contribution in [0.3, 0.4) is 0 Å². The summed E-state index contributed by atoms with van der Waals surface area (Å²) in [6, 6.07) is 12.7. The molecule has 0 bridgehead atoms. The molecule has 0 atom stereocenters. The van der Waals surface area contributed by atoms with Crippen LogP contribution in [0, 0.1) is 0 Å². The fourth-order valence-electron chi connectivity index (χ4n) is 3.80. The van der Waals surface area contributed by atoms with Crippen molar-refractivity contribution in [2.45, 2.75) is 24.7 Å². The van der Waals surface area contributed by atoms with Crippen molar-refractivity contribution >= 4 is 32.5 Å². The number of hydrogen-bond acceptors (Lipinski definition) is 5. The first-order chi connectivity index (χ1) is 15.5. The minimum absolute atomic E-state index is 0.0516. The lowest BCUT2D eigenvalue weighted by molar-refractivity contribution is -0.116. The molecule has 1 fully saturated rings. The maximum atomic E-state index is 13.2. The summed E-state index contributed by atoms with van der Waals surface area (Å²) in [5, 5.41) is 3.92. The molecular weight excluding hydrogens is 430 g/mol. The van der Waals surface area contributed by atoms with Crippen LogP contribution in [-0.4, -0.2) is 56.5 Å². The first-order valence-corrected chi connectivity index (χ1v) is 12.1. The molecule has 1 aromatic heterocycles. The van der Waals surface area contributed by atoms with Crippen molar-refractivity contribution in [1.29, 1.82) is 0 Å². The standard InChI is InChI=1S/C23H27N3O5S/c1-2-31-21-9-8-18(15-22(21)32(28,29)26-11-13-30-14-12-26)25-23(27)10-7-17-16-24-20-6-4-3-5-19(17)20/h3-6,8-9,15-16,24H,2,7,10-14H2,1H3,(H,25,27). The van der Waals surface area contributed by atoms with Crippen LogP contribution in [0.5, 0.6) is 5.75 Å². The second kappa shape index (κ2) is 9.72. The minimum atomic E-state index is -3.77. The Hall–Kier alpha value is -2.88. The zero-order valence-corrected chi connectivity index (χ0v) is 18.8. The Morgan fingerprint density at radius 3 is 2.75 bits per heavy atom. The van der Waals surface area contributed by atoms with Gasteiger partial charge in [-0.15, -0.1) is 0 Å². The van der Waals surface area contributed by atoms with Gasteiger partial charge in [0.25, 0.3) is 0 Å². The monoisotopic (exact) mass is 457 g/mol. The highest BCUT2D eigenvalue weighted by Crippen LogP contribution is 2.30. The van der Waals surface area contributed by atoms with Gasteiger partial charge in [0, 0.05) is 42.3 Å². The van der Waals surface area contributed by atoms with Crippen molar-refractivity contribution in [3.05, 3.63) is 54.2 Å². The fraction of sp³-hybridized carbons (Fsp3) is 0.348. The van der Waals surface area contributed by atoms with Crippen molar-refractivity contribution in [3.63, 3.8) is 0 Å². The largest absolute Gasteiger partial charge is 0.492 e. The van der Waals surface area contributed by atoms with E-state index in [1.165, 1.54) is 10.4 Å². The number of H-pyrrole nitrogens is 1. The van der Waals surface area contributed by atoms with Gasteiger partial charge in [-0.2, -0.15) is 4.31 Å². The van der Waals surface area contributed by atoms with Gasteiger partial charge in [0.1, 0.15) is 10.6 Å². The molecule has 9 heteroatoms. The zero-order valence-electron chi connectivity index (χ0n) is 18.0. The predicted octanol–water partition coefficient (Wildman–Crippen LogP) is 3.16. The van der Waals surface area contributed by atoms with Gasteiger partial charge in [-0.05, 0) is 43.2 Å². The van der Waals surface area contributed by atoms with Gasteiger partial charge in [-0.3, -0.25) is 4.79 Å². The Kier molecular flexibility index (Phi) is 6.78. The van der Waals surface area contributed by atoms with E-state index in [1.54, 1.807) is 19.1 Å². The lowest BCUT2D eigenvalue weighted by Crippen LogP contribution is -2.40. The number of para-hydroxylation sites is 1. The van der Waals surface area contributed by atoms with Crippen LogP contribution < -0.4 is 10.1 Å². The number of rotatable bonds is 8. The number of aromatic nitrogens is 1. The van der Waals surface area contributed by atoms with E-state index in [4.69, 9.17) is 9.47 Å². The number of anilines is 1. The van der Waals surface area contributed by atoms with Crippen LogP contribution >= 0.6 is 0 Å². The van der Waals surface area contributed by atoms with Crippen molar-refractivity contribution in [1.82, 2.24) is 9.29 Å². The molecule has 3 aromatic rings. The molecule has 2 heterocycles. The number of amides is 1. The van der Waals surface area contributed by atoms with E-state index >= 15 is 0 Å². The number of carbonyl (C=O) groups is 1. The van der Waals surface area contributed by atoms with Gasteiger partial charge >= 0.3 is 0 Å². The highest BCUT2D eigenvalue weighted by atomic mass is 32.2. The van der Waals surface area contributed by atoms with Crippen LogP contribution in [0.4, 0.5) is 5.69 Å². The maximum Gasteiger partial charge on any atom is 0.246 e. The topological polar surface area (TPSA) is 101 Å². The molecule has 8 nitrogen and oxygen atoms in total. The van der Waals surface area contributed by atoms with Gasteiger partial charge in [0.05, 0.1) is 19.8 Å². The molecule has 1 saturated heterocycles. The quantitative estimate of drug-likeness (QED) is 0.541. The van der Waals surface area contributed by atoms with E-state index in [1.807, 2.05) is 30.5 Å². The molecular formula is C23H27N3O5S. The normalized spacial score (nSPS) is 15.0. The summed E-state index contributed by atoms with van der Waals surface area (Å²) in [6.45, 7) is 3.42. The van der Waals surface area contributed by atoms with Crippen LogP contribution in [-0.2, 0) is 26.0 Å². The first kappa shape index (κ1) is 22.3. The van der Waals surface area contributed by atoms with Crippen LogP contribution in [0.1, 0.15) is 18.9 Å². The van der Waals surface area contributed by atoms with Gasteiger partial charge < -0.3 is 19.8 Å². The molecule has 0 spiro atoms. The number of carbonyl (C=O) groups excluding carboxylic acids is 1. The molecule has 32 heavy (non-hydrogen) atoms. The number of nitrogens with zero attached hydrogens (tertiary/aromatic N) is 1. The molecule has 2 N–H and O–H groups in total. The van der Waals surface area contributed by atoms with Gasteiger partial charge in [0.2, 0.25) is 15.9 Å². The SMILES string of the molecule is CCOc1ccc(NC(=O)CCc2c[nH]c3ccccc23)cc1S(=O)(=O)N1CCOCC1. The predicted molar refractivity (Wildman–Crippen MR) is 122 cm³/mol. The van der Waals surface area contributed by atoms with E-state index < -0.39 is 10.0 Å². The van der Waals surface area contributed by atoms with E-state index in [-0.39, 0.29) is 36.1 Å². The van der Waals surface area contributed by atoms with Crippen molar-refractivity contribution in [2.75, 3.05) is 38.2 Å². The maximum absolute atomic E-state index is 13.2. The lowest BCUT2D eigenvalue weighted by Gasteiger charge is -2.27. The molecule has 4 rings (SSSR count). The number of aryl methyl sites for hydroxylation is 1. The summed E-state index contributed by atoms with van der Waals surface area (Å²) in [7, 11) is -3.77. The Bertz CT molecular complexity index is 1200. The Morgan fingerprint density at radius 1 is 1.19 bits per heavy atom. The summed E-state index contributed by atoms with van der Waals surface area (Å²) in [6.07, 6.45) is 2.77. The molecule has 0 aliphatic carbocycles. The number of morpholine rings is 1. The molecule has 1 aliphatic heterocycles. The smallest absolute Gasteiger partial charge is 0.246 e. The third kappa shape index (κ3) is 4.79. The van der Waals surface area contributed by atoms with E-state index in [0.717, 1.165) is 16.5 Å². The number of benzene rings is 2. The molecule has 1 amide bonds. The van der Waals surface area contributed by atoms with Crippen LogP contribution in [0.25, 0.3) is 10.9 Å².